The summed E-state index contributed by atoms with van der Waals surface area (Å²) < 4.78 is 6.13. The molecule has 0 aliphatic rings. The Labute approximate surface area is 137 Å². The van der Waals surface area contributed by atoms with Gasteiger partial charge in [-0.2, -0.15) is 0 Å². The molecule has 8 nitrogen and oxygen atoms in total. The summed E-state index contributed by atoms with van der Waals surface area (Å²) in [5, 5.41) is 15.9. The third-order valence-electron chi connectivity index (χ3n) is 2.50. The van der Waals surface area contributed by atoms with Gasteiger partial charge in [-0.15, -0.1) is 5.10 Å². The van der Waals surface area contributed by atoms with E-state index < -0.39 is 17.7 Å². The molecule has 9 heteroatoms. The number of amides is 1. The normalized spacial score (nSPS) is 11.1. The summed E-state index contributed by atoms with van der Waals surface area (Å²) in [5.74, 6) is -1.08. The van der Waals surface area contributed by atoms with Crippen LogP contribution in [0.15, 0.2) is 24.4 Å². The van der Waals surface area contributed by atoms with Crippen molar-refractivity contribution in [2.45, 2.75) is 26.4 Å². The number of halogens is 1. The second-order valence-electron chi connectivity index (χ2n) is 5.57. The number of hydrogen-bond acceptors (Lipinski definition) is 5. The van der Waals surface area contributed by atoms with E-state index in [0.717, 1.165) is 4.68 Å². The van der Waals surface area contributed by atoms with Gasteiger partial charge in [0.1, 0.15) is 5.60 Å². The number of ether oxygens (including phenoxy) is 1. The van der Waals surface area contributed by atoms with Crippen LogP contribution >= 0.6 is 11.6 Å². The number of nitrogens with one attached hydrogen (secondary N) is 1. The molecule has 0 aliphatic heterocycles. The molecule has 0 atom stereocenters. The van der Waals surface area contributed by atoms with E-state index in [-0.39, 0.29) is 22.4 Å². The number of pyridine rings is 1. The maximum absolute atomic E-state index is 11.8. The highest BCUT2D eigenvalue weighted by Gasteiger charge is 2.21. The number of hydrogen-bond donors (Lipinski definition) is 2. The van der Waals surface area contributed by atoms with Crippen LogP contribution in [0.2, 0.25) is 5.02 Å². The van der Waals surface area contributed by atoms with Crippen molar-refractivity contribution >= 4 is 29.5 Å². The first-order valence-electron chi connectivity index (χ1n) is 6.61. The van der Waals surface area contributed by atoms with E-state index >= 15 is 0 Å². The zero-order chi connectivity index (χ0) is 17.2. The Kier molecular flexibility index (Phi) is 4.55. The van der Waals surface area contributed by atoms with Gasteiger partial charge in [-0.3, -0.25) is 5.32 Å². The van der Waals surface area contributed by atoms with Crippen molar-refractivity contribution in [2.24, 2.45) is 0 Å². The maximum atomic E-state index is 11.8. The van der Waals surface area contributed by atoms with Crippen LogP contribution in [0.3, 0.4) is 0 Å². The van der Waals surface area contributed by atoms with Crippen molar-refractivity contribution in [1.29, 1.82) is 0 Å². The molecule has 2 aromatic heterocycles. The van der Waals surface area contributed by atoms with Gasteiger partial charge in [0.15, 0.2) is 17.3 Å². The van der Waals surface area contributed by atoms with Gasteiger partial charge in [-0.05, 0) is 32.9 Å². The van der Waals surface area contributed by atoms with Crippen molar-refractivity contribution in [3.63, 3.8) is 0 Å². The van der Waals surface area contributed by atoms with Crippen LogP contribution in [-0.2, 0) is 4.74 Å². The molecule has 1 amide bonds. The predicted molar refractivity (Wildman–Crippen MR) is 83.2 cm³/mol. The minimum atomic E-state index is -1.24. The molecule has 0 aliphatic carbocycles. The summed E-state index contributed by atoms with van der Waals surface area (Å²) in [6, 6.07) is 4.35. The van der Waals surface area contributed by atoms with Gasteiger partial charge < -0.3 is 9.84 Å². The molecule has 0 bridgehead atoms. The van der Waals surface area contributed by atoms with E-state index in [1.54, 1.807) is 32.9 Å². The van der Waals surface area contributed by atoms with Gasteiger partial charge in [0, 0.05) is 12.3 Å². The van der Waals surface area contributed by atoms with Crippen LogP contribution in [-0.4, -0.2) is 37.5 Å². The average molecular weight is 339 g/mol. The van der Waals surface area contributed by atoms with E-state index in [2.05, 4.69) is 15.4 Å². The molecule has 2 rings (SSSR count). The summed E-state index contributed by atoms with van der Waals surface area (Å²) in [6.45, 7) is 5.13. The van der Waals surface area contributed by atoms with Gasteiger partial charge in [-0.25, -0.2) is 19.3 Å². The Morgan fingerprint density at radius 2 is 2.09 bits per heavy atom. The Bertz CT molecular complexity index is 751. The second kappa shape index (κ2) is 6.25. The standard InChI is InChI=1S/C14H15ClN4O4/c1-14(2,3)23-13(22)17-10-7-9(12(20)21)19(18-10)11-8(15)5-4-6-16-11/h4-7H,1-3H3,(H,20,21)(H,17,18,22). The fraction of sp³-hybridized carbons (Fsp3) is 0.286. The lowest BCUT2D eigenvalue weighted by Crippen LogP contribution is -2.27. The molecule has 0 saturated heterocycles. The van der Waals surface area contributed by atoms with Crippen LogP contribution in [0.5, 0.6) is 0 Å². The monoisotopic (exact) mass is 338 g/mol. The Balaban J connectivity index is 2.35. The lowest BCUT2D eigenvalue weighted by atomic mass is 10.2. The third-order valence-corrected chi connectivity index (χ3v) is 2.79. The van der Waals surface area contributed by atoms with E-state index in [1.807, 2.05) is 0 Å². The summed E-state index contributed by atoms with van der Waals surface area (Å²) in [7, 11) is 0. The van der Waals surface area contributed by atoms with Gasteiger partial charge >= 0.3 is 12.1 Å². The molecule has 0 fully saturated rings. The Morgan fingerprint density at radius 1 is 1.39 bits per heavy atom. The molecule has 0 aromatic carbocycles. The van der Waals surface area contributed by atoms with Gasteiger partial charge in [0.25, 0.3) is 0 Å². The molecule has 122 valence electrons. The topological polar surface area (TPSA) is 106 Å². The quantitative estimate of drug-likeness (QED) is 0.891. The van der Waals surface area contributed by atoms with Crippen LogP contribution in [0, 0.1) is 0 Å². The molecule has 0 saturated carbocycles. The molecule has 23 heavy (non-hydrogen) atoms. The van der Waals surface area contributed by atoms with Gasteiger partial charge in [0.05, 0.1) is 5.02 Å². The predicted octanol–water partition coefficient (Wildman–Crippen LogP) is 2.97. The van der Waals surface area contributed by atoms with Crippen molar-refractivity contribution in [2.75, 3.05) is 5.32 Å². The number of nitrogens with zero attached hydrogens (tertiary/aromatic N) is 3. The highest BCUT2D eigenvalue weighted by atomic mass is 35.5. The van der Waals surface area contributed by atoms with E-state index in [1.165, 1.54) is 12.3 Å². The molecular formula is C14H15ClN4O4. The highest BCUT2D eigenvalue weighted by molar-refractivity contribution is 6.32. The molecule has 0 unspecified atom stereocenters. The van der Waals surface area contributed by atoms with Crippen LogP contribution < -0.4 is 5.32 Å². The number of carbonyl (C=O) groups is 2. The average Bonchev–Trinajstić information content (AvgIpc) is 2.80. The molecule has 2 N–H and O–H groups in total. The van der Waals surface area contributed by atoms with Crippen molar-refractivity contribution in [3.05, 3.63) is 35.1 Å². The third kappa shape index (κ3) is 4.19. The van der Waals surface area contributed by atoms with E-state index in [9.17, 15) is 14.7 Å². The van der Waals surface area contributed by atoms with Gasteiger partial charge in [-0.1, -0.05) is 11.6 Å². The number of aromatic nitrogens is 3. The fourth-order valence-corrected chi connectivity index (χ4v) is 1.90. The minimum Gasteiger partial charge on any atom is -0.477 e. The first-order chi connectivity index (χ1) is 10.7. The first kappa shape index (κ1) is 16.8. The molecular weight excluding hydrogens is 324 g/mol. The summed E-state index contributed by atoms with van der Waals surface area (Å²) in [6.07, 6.45) is 0.710. The first-order valence-corrected chi connectivity index (χ1v) is 6.99. The summed E-state index contributed by atoms with van der Waals surface area (Å²) in [4.78, 5) is 27.1. The molecule has 2 aromatic rings. The lowest BCUT2D eigenvalue weighted by molar-refractivity contribution is 0.0632. The zero-order valence-corrected chi connectivity index (χ0v) is 13.5. The maximum Gasteiger partial charge on any atom is 0.413 e. The second-order valence-corrected chi connectivity index (χ2v) is 5.97. The van der Waals surface area contributed by atoms with Crippen LogP contribution in [0.1, 0.15) is 31.3 Å². The number of rotatable bonds is 3. The van der Waals surface area contributed by atoms with Crippen molar-refractivity contribution in [3.8, 4) is 5.82 Å². The SMILES string of the molecule is CC(C)(C)OC(=O)Nc1cc(C(=O)O)n(-c2ncccc2Cl)n1. The molecule has 0 radical (unpaired) electrons. The highest BCUT2D eigenvalue weighted by Crippen LogP contribution is 2.21. The number of anilines is 1. The Hall–Kier alpha value is -2.61. The van der Waals surface area contributed by atoms with Crippen LogP contribution in [0.4, 0.5) is 10.6 Å². The smallest absolute Gasteiger partial charge is 0.413 e. The Morgan fingerprint density at radius 3 is 2.65 bits per heavy atom. The molecule has 2 heterocycles. The fourth-order valence-electron chi connectivity index (χ4n) is 1.70. The summed E-state index contributed by atoms with van der Waals surface area (Å²) in [5.41, 5.74) is -0.885. The van der Waals surface area contributed by atoms with Crippen molar-refractivity contribution < 1.29 is 19.4 Å². The lowest BCUT2D eigenvalue weighted by Gasteiger charge is -2.18. The van der Waals surface area contributed by atoms with Crippen LogP contribution in [0.25, 0.3) is 5.82 Å². The van der Waals surface area contributed by atoms with E-state index in [4.69, 9.17) is 16.3 Å². The van der Waals surface area contributed by atoms with E-state index in [0.29, 0.717) is 0 Å². The zero-order valence-electron chi connectivity index (χ0n) is 12.7. The number of carbonyl (C=O) groups excluding carboxylic acids is 1. The number of carboxylic acid groups (broad SMARTS) is 1. The summed E-state index contributed by atoms with van der Waals surface area (Å²) >= 11 is 6.01. The van der Waals surface area contributed by atoms with Gasteiger partial charge in [0.2, 0.25) is 0 Å². The van der Waals surface area contributed by atoms with Crippen molar-refractivity contribution in [1.82, 2.24) is 14.8 Å². The molecule has 0 spiro atoms. The number of aromatic carboxylic acids is 1. The minimum absolute atomic E-state index is 0.0124. The largest absolute Gasteiger partial charge is 0.477 e. The number of carboxylic acids is 1.